The fourth-order valence-electron chi connectivity index (χ4n) is 2.36. The molecule has 0 aliphatic carbocycles. The summed E-state index contributed by atoms with van der Waals surface area (Å²) in [4.78, 5) is 2.51. The molecule has 3 nitrogen and oxygen atoms in total. The van der Waals surface area contributed by atoms with Crippen LogP contribution in [0.5, 0.6) is 5.75 Å². The van der Waals surface area contributed by atoms with E-state index in [9.17, 15) is 0 Å². The smallest absolute Gasteiger partial charge is 0.119 e. The summed E-state index contributed by atoms with van der Waals surface area (Å²) in [6, 6.07) is 10.6. The van der Waals surface area contributed by atoms with Crippen LogP contribution in [0.25, 0.3) is 0 Å². The number of nitrogens with one attached hydrogen (secondary N) is 1. The Hall–Kier alpha value is -1.06. The molecule has 0 aromatic heterocycles. The molecule has 2 rings (SSSR count). The van der Waals surface area contributed by atoms with Crippen LogP contribution in [-0.4, -0.2) is 42.7 Å². The van der Waals surface area contributed by atoms with Crippen molar-refractivity contribution in [3.05, 3.63) is 30.3 Å². The molecule has 100 valence electrons. The second-order valence-electron chi connectivity index (χ2n) is 5.70. The Morgan fingerprint density at radius 2 is 2.06 bits per heavy atom. The third kappa shape index (κ3) is 3.47. The normalized spacial score (nSPS) is 23.8. The van der Waals surface area contributed by atoms with Gasteiger partial charge >= 0.3 is 0 Å². The van der Waals surface area contributed by atoms with Gasteiger partial charge in [-0.2, -0.15) is 0 Å². The summed E-state index contributed by atoms with van der Waals surface area (Å²) in [6.45, 7) is 10.7. The minimum Gasteiger partial charge on any atom is -0.492 e. The Balaban J connectivity index is 1.82. The molecule has 1 aliphatic heterocycles. The minimum atomic E-state index is 0.215. The summed E-state index contributed by atoms with van der Waals surface area (Å²) in [5.74, 6) is 0.957. The minimum absolute atomic E-state index is 0.215. The first-order valence-electron chi connectivity index (χ1n) is 6.74. The SMILES string of the molecule is CC1CN(CCOc2ccccc2)C(C)(C)CN1. The van der Waals surface area contributed by atoms with Crippen LogP contribution in [0.15, 0.2) is 30.3 Å². The first-order valence-corrected chi connectivity index (χ1v) is 6.74. The number of piperazine rings is 1. The van der Waals surface area contributed by atoms with Gasteiger partial charge in [0.25, 0.3) is 0 Å². The van der Waals surface area contributed by atoms with Crippen molar-refractivity contribution in [2.24, 2.45) is 0 Å². The van der Waals surface area contributed by atoms with Crippen LogP contribution in [0.3, 0.4) is 0 Å². The highest BCUT2D eigenvalue weighted by atomic mass is 16.5. The van der Waals surface area contributed by atoms with Crippen LogP contribution in [0.2, 0.25) is 0 Å². The van der Waals surface area contributed by atoms with Gasteiger partial charge in [0.15, 0.2) is 0 Å². The van der Waals surface area contributed by atoms with Crippen LogP contribution in [-0.2, 0) is 0 Å². The Labute approximate surface area is 110 Å². The molecule has 18 heavy (non-hydrogen) atoms. The third-order valence-corrected chi connectivity index (χ3v) is 3.61. The Kier molecular flexibility index (Phi) is 4.25. The Morgan fingerprint density at radius 3 is 2.78 bits per heavy atom. The Morgan fingerprint density at radius 1 is 1.33 bits per heavy atom. The van der Waals surface area contributed by atoms with Gasteiger partial charge in [-0.05, 0) is 32.9 Å². The number of hydrogen-bond donors (Lipinski definition) is 1. The average Bonchev–Trinajstić information content (AvgIpc) is 2.35. The van der Waals surface area contributed by atoms with E-state index in [0.717, 1.165) is 32.0 Å². The molecule has 0 radical (unpaired) electrons. The molecule has 1 aliphatic rings. The maximum Gasteiger partial charge on any atom is 0.119 e. The van der Waals surface area contributed by atoms with Crippen molar-refractivity contribution in [2.75, 3.05) is 26.2 Å². The molecule has 1 aromatic carbocycles. The number of ether oxygens (including phenoxy) is 1. The molecule has 0 spiro atoms. The summed E-state index contributed by atoms with van der Waals surface area (Å²) >= 11 is 0. The lowest BCUT2D eigenvalue weighted by Gasteiger charge is -2.45. The van der Waals surface area contributed by atoms with Gasteiger partial charge in [-0.25, -0.2) is 0 Å². The number of hydrogen-bond acceptors (Lipinski definition) is 3. The molecule has 1 fully saturated rings. The molecule has 1 saturated heterocycles. The van der Waals surface area contributed by atoms with E-state index in [-0.39, 0.29) is 5.54 Å². The molecule has 1 heterocycles. The van der Waals surface area contributed by atoms with Gasteiger partial charge in [0.2, 0.25) is 0 Å². The number of rotatable bonds is 4. The second-order valence-corrected chi connectivity index (χ2v) is 5.70. The predicted octanol–water partition coefficient (Wildman–Crippen LogP) is 2.14. The lowest BCUT2D eigenvalue weighted by Crippen LogP contribution is -2.61. The zero-order chi connectivity index (χ0) is 13.0. The van der Waals surface area contributed by atoms with Crippen molar-refractivity contribution in [3.8, 4) is 5.75 Å². The predicted molar refractivity (Wildman–Crippen MR) is 75.1 cm³/mol. The molecular formula is C15H24N2O. The molecule has 3 heteroatoms. The van der Waals surface area contributed by atoms with E-state index in [4.69, 9.17) is 4.74 Å². The van der Waals surface area contributed by atoms with Gasteiger partial charge in [-0.15, -0.1) is 0 Å². The van der Waals surface area contributed by atoms with E-state index in [1.54, 1.807) is 0 Å². The summed E-state index contributed by atoms with van der Waals surface area (Å²) in [5, 5.41) is 3.53. The molecule has 0 saturated carbocycles. The molecule has 1 N–H and O–H groups in total. The van der Waals surface area contributed by atoms with E-state index < -0.39 is 0 Å². The maximum atomic E-state index is 5.78. The fraction of sp³-hybridized carbons (Fsp3) is 0.600. The van der Waals surface area contributed by atoms with E-state index >= 15 is 0 Å². The Bertz CT molecular complexity index is 364. The van der Waals surface area contributed by atoms with Crippen molar-refractivity contribution in [3.63, 3.8) is 0 Å². The summed E-state index contributed by atoms with van der Waals surface area (Å²) < 4.78 is 5.78. The number of para-hydroxylation sites is 1. The first-order chi connectivity index (χ1) is 8.58. The van der Waals surface area contributed by atoms with E-state index in [2.05, 4.69) is 31.0 Å². The molecule has 1 aromatic rings. The van der Waals surface area contributed by atoms with Crippen LogP contribution in [0.1, 0.15) is 20.8 Å². The highest BCUT2D eigenvalue weighted by Crippen LogP contribution is 2.18. The van der Waals surface area contributed by atoms with Crippen LogP contribution in [0, 0.1) is 0 Å². The average molecular weight is 248 g/mol. The van der Waals surface area contributed by atoms with Crippen molar-refractivity contribution >= 4 is 0 Å². The summed E-state index contributed by atoms with van der Waals surface area (Å²) in [7, 11) is 0. The lowest BCUT2D eigenvalue weighted by molar-refractivity contribution is 0.0566. The van der Waals surface area contributed by atoms with E-state index in [1.165, 1.54) is 0 Å². The molecule has 1 atom stereocenters. The van der Waals surface area contributed by atoms with Gasteiger partial charge in [0, 0.05) is 31.2 Å². The topological polar surface area (TPSA) is 24.5 Å². The van der Waals surface area contributed by atoms with Crippen LogP contribution in [0.4, 0.5) is 0 Å². The first kappa shape index (κ1) is 13.4. The van der Waals surface area contributed by atoms with Crippen molar-refractivity contribution in [1.29, 1.82) is 0 Å². The van der Waals surface area contributed by atoms with E-state index in [0.29, 0.717) is 6.04 Å². The molecule has 0 amide bonds. The fourth-order valence-corrected chi connectivity index (χ4v) is 2.36. The molecule has 0 bridgehead atoms. The highest BCUT2D eigenvalue weighted by Gasteiger charge is 2.31. The largest absolute Gasteiger partial charge is 0.492 e. The van der Waals surface area contributed by atoms with Crippen molar-refractivity contribution in [2.45, 2.75) is 32.4 Å². The zero-order valence-corrected chi connectivity index (χ0v) is 11.6. The summed E-state index contributed by atoms with van der Waals surface area (Å²) in [5.41, 5.74) is 0.215. The molecular weight excluding hydrogens is 224 g/mol. The van der Waals surface area contributed by atoms with Crippen molar-refractivity contribution in [1.82, 2.24) is 10.2 Å². The van der Waals surface area contributed by atoms with Crippen molar-refractivity contribution < 1.29 is 4.74 Å². The highest BCUT2D eigenvalue weighted by molar-refractivity contribution is 5.20. The summed E-state index contributed by atoms with van der Waals surface area (Å²) in [6.07, 6.45) is 0. The number of nitrogens with zero attached hydrogens (tertiary/aromatic N) is 1. The quantitative estimate of drug-likeness (QED) is 0.883. The van der Waals surface area contributed by atoms with Crippen LogP contribution >= 0.6 is 0 Å². The lowest BCUT2D eigenvalue weighted by atomic mass is 9.98. The monoisotopic (exact) mass is 248 g/mol. The van der Waals surface area contributed by atoms with Gasteiger partial charge in [0.05, 0.1) is 0 Å². The van der Waals surface area contributed by atoms with E-state index in [1.807, 2.05) is 30.3 Å². The van der Waals surface area contributed by atoms with Gasteiger partial charge in [-0.3, -0.25) is 4.90 Å². The van der Waals surface area contributed by atoms with Crippen LogP contribution < -0.4 is 10.1 Å². The standard InChI is InChI=1S/C15H24N2O/c1-13-11-17(15(2,3)12-16-13)9-10-18-14-7-5-4-6-8-14/h4-8,13,16H,9-12H2,1-3H3. The van der Waals surface area contributed by atoms with Gasteiger partial charge in [-0.1, -0.05) is 18.2 Å². The maximum absolute atomic E-state index is 5.78. The van der Waals surface area contributed by atoms with Gasteiger partial charge in [0.1, 0.15) is 12.4 Å². The zero-order valence-electron chi connectivity index (χ0n) is 11.6. The van der Waals surface area contributed by atoms with Gasteiger partial charge < -0.3 is 10.1 Å². The molecule has 1 unspecified atom stereocenters. The second kappa shape index (κ2) is 5.72. The third-order valence-electron chi connectivity index (χ3n) is 3.61. The number of benzene rings is 1.